The molecule has 3 aromatic carbocycles. The van der Waals surface area contributed by atoms with Gasteiger partial charge in [-0.1, -0.05) is 64.0 Å². The lowest BCUT2D eigenvalue weighted by Crippen LogP contribution is -2.22. The maximum absolute atomic E-state index is 12.7. The monoisotopic (exact) mass is 593 g/mol. The number of benzene rings is 3. The number of hydrogen-bond donors (Lipinski definition) is 1. The molecule has 34 heavy (non-hydrogen) atoms. The molecule has 2 aromatic heterocycles. The summed E-state index contributed by atoms with van der Waals surface area (Å²) in [6, 6.07) is 23.1. The van der Waals surface area contributed by atoms with Crippen molar-refractivity contribution in [3.8, 4) is 21.8 Å². The number of aryl methyl sites for hydroxylation is 1. The maximum Gasteiger partial charge on any atom is 0.271 e. The van der Waals surface area contributed by atoms with E-state index in [0.717, 1.165) is 36.2 Å². The Morgan fingerprint density at radius 1 is 1.03 bits per heavy atom. The number of aromatic nitrogens is 1. The van der Waals surface area contributed by atoms with Gasteiger partial charge in [0.1, 0.15) is 5.01 Å². The van der Waals surface area contributed by atoms with Crippen LogP contribution in [0.15, 0.2) is 96.6 Å². The van der Waals surface area contributed by atoms with Crippen LogP contribution in [0.1, 0.15) is 15.9 Å². The van der Waals surface area contributed by atoms with Gasteiger partial charge in [0.2, 0.25) is 5.55 Å². The second-order valence-electron chi connectivity index (χ2n) is 7.59. The number of carbonyl (C=O) groups is 1. The van der Waals surface area contributed by atoms with Crippen LogP contribution in [-0.4, -0.2) is 10.9 Å². The van der Waals surface area contributed by atoms with Crippen molar-refractivity contribution in [1.82, 2.24) is 10.4 Å². The minimum Gasteiger partial charge on any atom is -0.435 e. The molecule has 0 atom stereocenters. The first-order valence-corrected chi connectivity index (χ1v) is 12.8. The molecule has 1 amide bonds. The smallest absolute Gasteiger partial charge is 0.271 e. The number of halogens is 2. The van der Waals surface area contributed by atoms with Gasteiger partial charge >= 0.3 is 0 Å². The van der Waals surface area contributed by atoms with Crippen LogP contribution >= 0.6 is 43.2 Å². The van der Waals surface area contributed by atoms with Gasteiger partial charge in [0, 0.05) is 26.4 Å². The fraction of sp³-hybridized carbons (Fsp3) is 0.0385. The summed E-state index contributed by atoms with van der Waals surface area (Å²) in [5.41, 5.74) is 7.69. The number of nitrogens with one attached hydrogen (secondary N) is 1. The number of carbonyl (C=O) groups excluding carboxylic acids is 1. The van der Waals surface area contributed by atoms with Crippen molar-refractivity contribution in [2.45, 2.75) is 6.92 Å². The molecule has 2 heterocycles. The van der Waals surface area contributed by atoms with E-state index in [4.69, 9.17) is 9.40 Å². The number of amides is 1. The van der Waals surface area contributed by atoms with Crippen molar-refractivity contribution in [3.63, 3.8) is 0 Å². The van der Waals surface area contributed by atoms with Crippen LogP contribution in [0.5, 0.6) is 0 Å². The van der Waals surface area contributed by atoms with Crippen molar-refractivity contribution in [2.75, 3.05) is 0 Å². The van der Waals surface area contributed by atoms with E-state index in [1.165, 1.54) is 11.3 Å². The maximum atomic E-state index is 12.7. The first kappa shape index (κ1) is 22.7. The Morgan fingerprint density at radius 3 is 2.56 bits per heavy atom. The standard InChI is InChI=1S/C26H17Br2N3O2S/c1-15-7-9-17(10-8-15)24(32)30-31-25-20(12-18-11-19(27)13-21(28)23(18)33-25)26-29-22(14-34-26)16-5-3-2-4-6-16/h2-14H,1H3,(H,30,32)/b31-25-. The Morgan fingerprint density at radius 2 is 1.79 bits per heavy atom. The van der Waals surface area contributed by atoms with E-state index in [1.54, 1.807) is 12.1 Å². The minimum atomic E-state index is -0.319. The average molecular weight is 595 g/mol. The van der Waals surface area contributed by atoms with Gasteiger partial charge in [-0.25, -0.2) is 10.4 Å². The topological polar surface area (TPSA) is 67.5 Å². The van der Waals surface area contributed by atoms with Gasteiger partial charge in [-0.3, -0.25) is 4.79 Å². The highest BCUT2D eigenvalue weighted by Crippen LogP contribution is 2.32. The normalized spacial score (nSPS) is 11.7. The molecule has 0 saturated heterocycles. The Kier molecular flexibility index (Phi) is 6.45. The van der Waals surface area contributed by atoms with Crippen LogP contribution in [0.25, 0.3) is 32.8 Å². The molecule has 0 fully saturated rings. The molecular weight excluding hydrogens is 578 g/mol. The second-order valence-corrected chi connectivity index (χ2v) is 10.2. The molecule has 1 N–H and O–H groups in total. The lowest BCUT2D eigenvalue weighted by Gasteiger charge is -2.06. The first-order chi connectivity index (χ1) is 16.5. The predicted molar refractivity (Wildman–Crippen MR) is 142 cm³/mol. The highest BCUT2D eigenvalue weighted by atomic mass is 79.9. The Bertz CT molecular complexity index is 1580. The SMILES string of the molecule is Cc1ccc(C(=O)N/N=c2\oc3c(Br)cc(Br)cc3cc2-c2nc(-c3ccccc3)cs2)cc1. The summed E-state index contributed by atoms with van der Waals surface area (Å²) in [6.07, 6.45) is 0. The van der Waals surface area contributed by atoms with Crippen molar-refractivity contribution < 1.29 is 9.21 Å². The zero-order valence-corrected chi connectivity index (χ0v) is 21.9. The van der Waals surface area contributed by atoms with Crippen LogP contribution in [0.4, 0.5) is 0 Å². The third-order valence-electron chi connectivity index (χ3n) is 5.14. The van der Waals surface area contributed by atoms with Gasteiger partial charge < -0.3 is 4.42 Å². The third kappa shape index (κ3) is 4.75. The lowest BCUT2D eigenvalue weighted by molar-refractivity contribution is 0.0951. The van der Waals surface area contributed by atoms with Gasteiger partial charge in [-0.15, -0.1) is 16.4 Å². The van der Waals surface area contributed by atoms with Crippen LogP contribution in [0, 0.1) is 6.92 Å². The second kappa shape index (κ2) is 9.66. The largest absolute Gasteiger partial charge is 0.435 e. The van der Waals surface area contributed by atoms with Crippen molar-refractivity contribution in [3.05, 3.63) is 104 Å². The zero-order valence-electron chi connectivity index (χ0n) is 17.9. The van der Waals surface area contributed by atoms with E-state index in [2.05, 4.69) is 42.4 Å². The molecule has 0 unspecified atom stereocenters. The number of nitrogens with zero attached hydrogens (tertiary/aromatic N) is 2. The van der Waals surface area contributed by atoms with Gasteiger partial charge in [0.25, 0.3) is 5.91 Å². The summed E-state index contributed by atoms with van der Waals surface area (Å²) in [5.74, 6) is -0.319. The van der Waals surface area contributed by atoms with Gasteiger partial charge in [0.15, 0.2) is 5.58 Å². The third-order valence-corrected chi connectivity index (χ3v) is 7.07. The fourth-order valence-electron chi connectivity index (χ4n) is 3.41. The van der Waals surface area contributed by atoms with Crippen LogP contribution < -0.4 is 11.0 Å². The summed E-state index contributed by atoms with van der Waals surface area (Å²) < 4.78 is 7.85. The van der Waals surface area contributed by atoms with Crippen molar-refractivity contribution in [1.29, 1.82) is 0 Å². The van der Waals surface area contributed by atoms with Crippen molar-refractivity contribution in [2.24, 2.45) is 5.10 Å². The van der Waals surface area contributed by atoms with E-state index in [9.17, 15) is 4.79 Å². The molecule has 0 aliphatic carbocycles. The summed E-state index contributed by atoms with van der Waals surface area (Å²) >= 11 is 8.58. The van der Waals surface area contributed by atoms with E-state index >= 15 is 0 Å². The summed E-state index contributed by atoms with van der Waals surface area (Å²) in [5, 5.41) is 7.96. The fourth-order valence-corrected chi connectivity index (χ4v) is 5.59. The van der Waals surface area contributed by atoms with Gasteiger partial charge in [0.05, 0.1) is 15.7 Å². The molecule has 5 aromatic rings. The minimum absolute atomic E-state index is 0.268. The molecule has 168 valence electrons. The van der Waals surface area contributed by atoms with E-state index in [0.29, 0.717) is 16.7 Å². The zero-order chi connectivity index (χ0) is 23.7. The molecule has 0 spiro atoms. The molecule has 0 aliphatic heterocycles. The highest BCUT2D eigenvalue weighted by Gasteiger charge is 2.14. The summed E-state index contributed by atoms with van der Waals surface area (Å²) in [6.45, 7) is 1.97. The summed E-state index contributed by atoms with van der Waals surface area (Å²) in [7, 11) is 0. The van der Waals surface area contributed by atoms with Gasteiger partial charge in [-0.2, -0.15) is 0 Å². The Balaban J connectivity index is 1.62. The lowest BCUT2D eigenvalue weighted by atomic mass is 10.1. The molecule has 0 bridgehead atoms. The molecule has 5 rings (SSSR count). The number of fused-ring (bicyclic) bond motifs is 1. The molecular formula is C26H17Br2N3O2S. The van der Waals surface area contributed by atoms with Crippen molar-refractivity contribution >= 4 is 60.1 Å². The van der Waals surface area contributed by atoms with E-state index in [1.807, 2.05) is 73.0 Å². The van der Waals surface area contributed by atoms with E-state index in [-0.39, 0.29) is 11.5 Å². The Hall–Kier alpha value is -3.07. The summed E-state index contributed by atoms with van der Waals surface area (Å²) in [4.78, 5) is 17.5. The molecule has 5 nitrogen and oxygen atoms in total. The molecule has 0 aliphatic rings. The molecule has 0 saturated carbocycles. The van der Waals surface area contributed by atoms with Crippen LogP contribution in [-0.2, 0) is 0 Å². The van der Waals surface area contributed by atoms with Crippen LogP contribution in [0.3, 0.4) is 0 Å². The average Bonchev–Trinajstić information content (AvgIpc) is 3.33. The Labute approximate surface area is 216 Å². The first-order valence-electron chi connectivity index (χ1n) is 10.3. The highest BCUT2D eigenvalue weighted by molar-refractivity contribution is 9.11. The quantitative estimate of drug-likeness (QED) is 0.222. The van der Waals surface area contributed by atoms with Crippen LogP contribution in [0.2, 0.25) is 0 Å². The number of thiazole rings is 1. The molecule has 8 heteroatoms. The molecule has 0 radical (unpaired) electrons. The van der Waals surface area contributed by atoms with E-state index < -0.39 is 0 Å². The van der Waals surface area contributed by atoms with Gasteiger partial charge in [-0.05, 0) is 53.2 Å². The number of hydrogen-bond acceptors (Lipinski definition) is 5. The number of rotatable bonds is 4. The predicted octanol–water partition coefficient (Wildman–Crippen LogP) is 7.30.